The zero-order valence-electron chi connectivity index (χ0n) is 9.76. The first-order valence-electron chi connectivity index (χ1n) is 5.74. The molecule has 0 bridgehead atoms. The van der Waals surface area contributed by atoms with Crippen molar-refractivity contribution in [1.29, 1.82) is 0 Å². The predicted octanol–water partition coefficient (Wildman–Crippen LogP) is 0.180. The minimum absolute atomic E-state index is 0.182. The molecule has 0 aromatic carbocycles. The fraction of sp³-hybridized carbons (Fsp3) is 0.909. The molecular weight excluding hydrogens is 210 g/mol. The number of aliphatic carboxylic acids is 1. The van der Waals surface area contributed by atoms with Crippen LogP contribution in [0.5, 0.6) is 0 Å². The van der Waals surface area contributed by atoms with Crippen molar-refractivity contribution in [3.8, 4) is 0 Å². The number of nitrogens with zero attached hydrogens (tertiary/aromatic N) is 1. The highest BCUT2D eigenvalue weighted by molar-refractivity contribution is 5.67. The van der Waals surface area contributed by atoms with Crippen molar-refractivity contribution in [2.45, 2.75) is 25.4 Å². The van der Waals surface area contributed by atoms with E-state index < -0.39 is 12.1 Å². The molecule has 1 heterocycles. The minimum Gasteiger partial charge on any atom is -0.481 e. The first kappa shape index (κ1) is 13.4. The number of aliphatic hydroxyl groups is 1. The molecule has 1 rings (SSSR count). The number of carbonyl (C=O) groups is 1. The fourth-order valence-electron chi connectivity index (χ4n) is 2.07. The standard InChI is InChI=1S/C11H21NO4/c1-12(8-10(13)6-11(14)15)7-9-2-4-16-5-3-9/h9-10,13H,2-8H2,1H3,(H,14,15). The third-order valence-corrected chi connectivity index (χ3v) is 2.84. The second kappa shape index (κ2) is 6.83. The van der Waals surface area contributed by atoms with Crippen LogP contribution in [0.1, 0.15) is 19.3 Å². The lowest BCUT2D eigenvalue weighted by molar-refractivity contribution is -0.139. The Morgan fingerprint density at radius 3 is 2.69 bits per heavy atom. The predicted molar refractivity (Wildman–Crippen MR) is 59.3 cm³/mol. The highest BCUT2D eigenvalue weighted by Crippen LogP contribution is 2.15. The molecular formula is C11H21NO4. The Morgan fingerprint density at radius 1 is 1.50 bits per heavy atom. The molecule has 2 N–H and O–H groups in total. The number of ether oxygens (including phenoxy) is 1. The minimum atomic E-state index is -0.952. The summed E-state index contributed by atoms with van der Waals surface area (Å²) in [6, 6.07) is 0. The molecule has 1 saturated heterocycles. The van der Waals surface area contributed by atoms with E-state index in [1.807, 2.05) is 11.9 Å². The van der Waals surface area contributed by atoms with E-state index in [0.29, 0.717) is 12.5 Å². The third kappa shape index (κ3) is 5.44. The third-order valence-electron chi connectivity index (χ3n) is 2.84. The molecule has 0 aromatic rings. The molecule has 0 aliphatic carbocycles. The summed E-state index contributed by atoms with van der Waals surface area (Å²) in [5.41, 5.74) is 0. The van der Waals surface area contributed by atoms with Gasteiger partial charge in [-0.2, -0.15) is 0 Å². The van der Waals surface area contributed by atoms with Gasteiger partial charge in [0.25, 0.3) is 0 Å². The number of aliphatic hydroxyl groups excluding tert-OH is 1. The van der Waals surface area contributed by atoms with E-state index in [2.05, 4.69) is 0 Å². The van der Waals surface area contributed by atoms with E-state index in [1.165, 1.54) is 0 Å². The van der Waals surface area contributed by atoms with Crippen LogP contribution in [0.4, 0.5) is 0 Å². The van der Waals surface area contributed by atoms with Gasteiger partial charge in [-0.3, -0.25) is 4.79 Å². The summed E-state index contributed by atoms with van der Waals surface area (Å²) in [6.07, 6.45) is 1.15. The summed E-state index contributed by atoms with van der Waals surface area (Å²) in [6.45, 7) is 2.95. The van der Waals surface area contributed by atoms with E-state index in [9.17, 15) is 9.90 Å². The normalized spacial score (nSPS) is 19.9. The lowest BCUT2D eigenvalue weighted by atomic mass is 10.00. The molecule has 1 aliphatic heterocycles. The summed E-state index contributed by atoms with van der Waals surface area (Å²) in [5.74, 6) is -0.345. The molecule has 0 radical (unpaired) electrons. The van der Waals surface area contributed by atoms with Crippen LogP contribution in [0.3, 0.4) is 0 Å². The van der Waals surface area contributed by atoms with Gasteiger partial charge in [-0.1, -0.05) is 0 Å². The molecule has 1 atom stereocenters. The Hall–Kier alpha value is -0.650. The van der Waals surface area contributed by atoms with Crippen LogP contribution in [0.25, 0.3) is 0 Å². The van der Waals surface area contributed by atoms with Crippen molar-refractivity contribution in [2.24, 2.45) is 5.92 Å². The van der Waals surface area contributed by atoms with Crippen LogP contribution in [-0.2, 0) is 9.53 Å². The van der Waals surface area contributed by atoms with Gasteiger partial charge in [-0.25, -0.2) is 0 Å². The second-order valence-corrected chi connectivity index (χ2v) is 4.53. The van der Waals surface area contributed by atoms with Crippen LogP contribution in [0, 0.1) is 5.92 Å². The summed E-state index contributed by atoms with van der Waals surface area (Å²) in [5, 5.41) is 18.0. The number of carboxylic acids is 1. The molecule has 1 fully saturated rings. The van der Waals surface area contributed by atoms with Gasteiger partial charge in [-0.05, 0) is 25.8 Å². The molecule has 0 saturated carbocycles. The van der Waals surface area contributed by atoms with E-state index in [1.54, 1.807) is 0 Å². The van der Waals surface area contributed by atoms with Crippen LogP contribution in [-0.4, -0.2) is 60.5 Å². The molecule has 94 valence electrons. The molecule has 1 aliphatic rings. The van der Waals surface area contributed by atoms with Crippen molar-refractivity contribution in [3.05, 3.63) is 0 Å². The van der Waals surface area contributed by atoms with Gasteiger partial charge in [0.2, 0.25) is 0 Å². The average molecular weight is 231 g/mol. The number of carboxylic acid groups (broad SMARTS) is 1. The molecule has 5 heteroatoms. The summed E-state index contributed by atoms with van der Waals surface area (Å²) >= 11 is 0. The van der Waals surface area contributed by atoms with Crippen molar-refractivity contribution >= 4 is 5.97 Å². The Labute approximate surface area is 96.0 Å². The topological polar surface area (TPSA) is 70.0 Å². The first-order valence-corrected chi connectivity index (χ1v) is 5.74. The quantitative estimate of drug-likeness (QED) is 0.682. The SMILES string of the molecule is CN(CC(O)CC(=O)O)CC1CCOCC1. The molecule has 0 aromatic heterocycles. The maximum Gasteiger partial charge on any atom is 0.306 e. The van der Waals surface area contributed by atoms with Crippen molar-refractivity contribution in [3.63, 3.8) is 0 Å². The van der Waals surface area contributed by atoms with Gasteiger partial charge in [0.15, 0.2) is 0 Å². The van der Waals surface area contributed by atoms with Crippen LogP contribution in [0.15, 0.2) is 0 Å². The van der Waals surface area contributed by atoms with Gasteiger partial charge in [0.1, 0.15) is 0 Å². The molecule has 0 spiro atoms. The fourth-order valence-corrected chi connectivity index (χ4v) is 2.07. The van der Waals surface area contributed by atoms with Crippen molar-refractivity contribution in [2.75, 3.05) is 33.4 Å². The van der Waals surface area contributed by atoms with Gasteiger partial charge < -0.3 is 19.8 Å². The largest absolute Gasteiger partial charge is 0.481 e. The highest BCUT2D eigenvalue weighted by atomic mass is 16.5. The zero-order valence-corrected chi connectivity index (χ0v) is 9.76. The van der Waals surface area contributed by atoms with Crippen molar-refractivity contribution in [1.82, 2.24) is 4.90 Å². The Morgan fingerprint density at radius 2 is 2.12 bits per heavy atom. The van der Waals surface area contributed by atoms with Gasteiger partial charge in [0, 0.05) is 26.3 Å². The summed E-state index contributed by atoms with van der Waals surface area (Å²) in [7, 11) is 1.92. The lowest BCUT2D eigenvalue weighted by Crippen LogP contribution is -2.35. The molecule has 16 heavy (non-hydrogen) atoms. The monoisotopic (exact) mass is 231 g/mol. The average Bonchev–Trinajstić information content (AvgIpc) is 2.17. The highest BCUT2D eigenvalue weighted by Gasteiger charge is 2.18. The maximum atomic E-state index is 10.4. The number of hydrogen-bond acceptors (Lipinski definition) is 4. The van der Waals surface area contributed by atoms with Gasteiger partial charge in [0.05, 0.1) is 12.5 Å². The lowest BCUT2D eigenvalue weighted by Gasteiger charge is -2.28. The maximum absolute atomic E-state index is 10.4. The number of rotatable bonds is 6. The summed E-state index contributed by atoms with van der Waals surface area (Å²) < 4.78 is 5.27. The number of hydrogen-bond donors (Lipinski definition) is 2. The van der Waals surface area contributed by atoms with E-state index in [0.717, 1.165) is 32.6 Å². The number of likely N-dealkylation sites (N-methyl/N-ethyl adjacent to an activating group) is 1. The second-order valence-electron chi connectivity index (χ2n) is 4.53. The first-order chi connectivity index (χ1) is 7.58. The zero-order chi connectivity index (χ0) is 12.0. The van der Waals surface area contributed by atoms with E-state index in [-0.39, 0.29) is 6.42 Å². The molecule has 0 amide bonds. The molecule has 1 unspecified atom stereocenters. The van der Waals surface area contributed by atoms with E-state index in [4.69, 9.17) is 9.84 Å². The Balaban J connectivity index is 2.18. The Bertz CT molecular complexity index is 216. The van der Waals surface area contributed by atoms with E-state index >= 15 is 0 Å². The smallest absolute Gasteiger partial charge is 0.306 e. The van der Waals surface area contributed by atoms with Crippen molar-refractivity contribution < 1.29 is 19.7 Å². The van der Waals surface area contributed by atoms with Gasteiger partial charge >= 0.3 is 5.97 Å². The molecule has 5 nitrogen and oxygen atoms in total. The van der Waals surface area contributed by atoms with Gasteiger partial charge in [-0.15, -0.1) is 0 Å². The van der Waals surface area contributed by atoms with Crippen LogP contribution >= 0.6 is 0 Å². The van der Waals surface area contributed by atoms with Crippen LogP contribution in [0.2, 0.25) is 0 Å². The summed E-state index contributed by atoms with van der Waals surface area (Å²) in [4.78, 5) is 12.4. The van der Waals surface area contributed by atoms with Crippen LogP contribution < -0.4 is 0 Å². The Kier molecular flexibility index (Phi) is 5.73.